The summed E-state index contributed by atoms with van der Waals surface area (Å²) in [5.74, 6) is -2.64. The molecule has 0 spiro atoms. The number of imide groups is 1. The van der Waals surface area contributed by atoms with Crippen molar-refractivity contribution in [3.05, 3.63) is 108 Å². The van der Waals surface area contributed by atoms with E-state index in [1.807, 2.05) is 12.1 Å². The number of aromatic nitrogens is 1. The number of fused-ring (bicyclic) bond motifs is 2. The number of para-hydroxylation sites is 1. The Morgan fingerprint density at radius 1 is 0.833 bits per heavy atom. The lowest BCUT2D eigenvalue weighted by molar-refractivity contribution is -0.151. The molecule has 8 nitrogen and oxygen atoms in total. The van der Waals surface area contributed by atoms with Gasteiger partial charge in [0.1, 0.15) is 0 Å². The van der Waals surface area contributed by atoms with E-state index in [-0.39, 0.29) is 11.1 Å². The largest absolute Gasteiger partial charge is 0.455 e. The fraction of sp³-hybridized carbons (Fsp3) is 0.107. The molecule has 2 atom stereocenters. The van der Waals surface area contributed by atoms with Crippen LogP contribution in [0, 0.1) is 0 Å². The highest BCUT2D eigenvalue weighted by molar-refractivity contribution is 6.23. The lowest BCUT2D eigenvalue weighted by Crippen LogP contribution is -2.51. The number of anilines is 1. The van der Waals surface area contributed by atoms with Crippen molar-refractivity contribution in [2.24, 2.45) is 0 Å². The number of hydrogen-bond acceptors (Lipinski definition) is 6. The monoisotopic (exact) mass is 479 g/mol. The van der Waals surface area contributed by atoms with Gasteiger partial charge in [0.15, 0.2) is 12.1 Å². The van der Waals surface area contributed by atoms with E-state index in [9.17, 15) is 19.2 Å². The third-order valence-corrected chi connectivity index (χ3v) is 5.97. The lowest BCUT2D eigenvalue weighted by atomic mass is 9.99. The van der Waals surface area contributed by atoms with Crippen LogP contribution in [0.15, 0.2) is 91.1 Å². The molecule has 0 fully saturated rings. The molecule has 1 N–H and O–H groups in total. The Hall–Kier alpha value is -4.85. The lowest BCUT2D eigenvalue weighted by Gasteiger charge is -2.32. The zero-order chi connectivity index (χ0) is 25.2. The first-order valence-electron chi connectivity index (χ1n) is 11.3. The molecule has 178 valence electrons. The van der Waals surface area contributed by atoms with E-state index in [0.29, 0.717) is 16.8 Å². The minimum Gasteiger partial charge on any atom is -0.455 e. The van der Waals surface area contributed by atoms with Gasteiger partial charge in [0.2, 0.25) is 0 Å². The van der Waals surface area contributed by atoms with Crippen LogP contribution in [0.2, 0.25) is 0 Å². The Morgan fingerprint density at radius 2 is 1.47 bits per heavy atom. The van der Waals surface area contributed by atoms with Crippen molar-refractivity contribution in [1.82, 2.24) is 9.88 Å². The summed E-state index contributed by atoms with van der Waals surface area (Å²) in [4.78, 5) is 58.1. The molecule has 3 amide bonds. The van der Waals surface area contributed by atoms with Crippen LogP contribution in [0.1, 0.15) is 39.3 Å². The van der Waals surface area contributed by atoms with Crippen molar-refractivity contribution in [2.45, 2.75) is 19.1 Å². The number of pyridine rings is 1. The maximum Gasteiger partial charge on any atom is 0.303 e. The molecule has 1 aliphatic rings. The second-order valence-corrected chi connectivity index (χ2v) is 8.28. The molecule has 8 heteroatoms. The molecular formula is C28H21N3O5. The van der Waals surface area contributed by atoms with Gasteiger partial charge < -0.3 is 10.1 Å². The predicted octanol–water partition coefficient (Wildman–Crippen LogP) is 4.14. The molecule has 4 aromatic rings. The van der Waals surface area contributed by atoms with Crippen LogP contribution in [-0.4, -0.2) is 39.6 Å². The number of amides is 3. The number of carbonyl (C=O) groups excluding carboxylic acids is 4. The average molecular weight is 479 g/mol. The summed E-state index contributed by atoms with van der Waals surface area (Å²) in [6.45, 7) is 1.21. The minimum absolute atomic E-state index is 0.182. The highest BCUT2D eigenvalue weighted by Gasteiger charge is 2.48. The van der Waals surface area contributed by atoms with E-state index in [2.05, 4.69) is 10.3 Å². The smallest absolute Gasteiger partial charge is 0.303 e. The van der Waals surface area contributed by atoms with Gasteiger partial charge in [0.05, 0.1) is 22.3 Å². The maximum absolute atomic E-state index is 13.9. The first-order valence-corrected chi connectivity index (χ1v) is 11.3. The van der Waals surface area contributed by atoms with E-state index in [1.54, 1.807) is 66.9 Å². The maximum atomic E-state index is 13.9. The first kappa shape index (κ1) is 22.9. The van der Waals surface area contributed by atoms with E-state index in [0.717, 1.165) is 10.3 Å². The van der Waals surface area contributed by atoms with Crippen LogP contribution < -0.4 is 5.32 Å². The van der Waals surface area contributed by atoms with E-state index in [1.165, 1.54) is 19.1 Å². The minimum atomic E-state index is -1.48. The van der Waals surface area contributed by atoms with Crippen LogP contribution in [0.3, 0.4) is 0 Å². The van der Waals surface area contributed by atoms with Crippen molar-refractivity contribution >= 4 is 40.3 Å². The summed E-state index contributed by atoms with van der Waals surface area (Å²) in [7, 11) is 0. The fourth-order valence-corrected chi connectivity index (χ4v) is 4.40. The Balaban J connectivity index is 1.62. The SMILES string of the molecule is CC(=O)O[C@@H](c1ccccc1)[C@@H](C(=O)Nc1cccc2cccnc12)N1C(=O)c2ccccc2C1=O. The topological polar surface area (TPSA) is 106 Å². The molecule has 3 aromatic carbocycles. The summed E-state index contributed by atoms with van der Waals surface area (Å²) >= 11 is 0. The number of nitrogens with one attached hydrogen (secondary N) is 1. The van der Waals surface area contributed by atoms with Gasteiger partial charge in [-0.1, -0.05) is 60.7 Å². The highest BCUT2D eigenvalue weighted by atomic mass is 16.5. The molecule has 2 heterocycles. The summed E-state index contributed by atoms with van der Waals surface area (Å²) in [5.41, 5.74) is 1.76. The van der Waals surface area contributed by atoms with Gasteiger partial charge in [0.25, 0.3) is 17.7 Å². The number of nitrogens with zero attached hydrogens (tertiary/aromatic N) is 2. The van der Waals surface area contributed by atoms with Gasteiger partial charge in [-0.3, -0.25) is 29.1 Å². The Kier molecular flexibility index (Phi) is 6.00. The summed E-state index contributed by atoms with van der Waals surface area (Å²) < 4.78 is 5.59. The van der Waals surface area contributed by atoms with E-state index < -0.39 is 35.8 Å². The molecule has 5 rings (SSSR count). The molecule has 0 unspecified atom stereocenters. The van der Waals surface area contributed by atoms with Crippen molar-refractivity contribution in [2.75, 3.05) is 5.32 Å². The molecule has 0 aliphatic carbocycles. The second kappa shape index (κ2) is 9.42. The number of benzene rings is 3. The predicted molar refractivity (Wildman–Crippen MR) is 132 cm³/mol. The van der Waals surface area contributed by atoms with Crippen molar-refractivity contribution in [3.8, 4) is 0 Å². The molecule has 0 saturated heterocycles. The zero-order valence-corrected chi connectivity index (χ0v) is 19.3. The average Bonchev–Trinajstić information content (AvgIpc) is 3.14. The van der Waals surface area contributed by atoms with Crippen molar-refractivity contribution in [3.63, 3.8) is 0 Å². The number of ether oxygens (including phenoxy) is 1. The Morgan fingerprint density at radius 3 is 2.14 bits per heavy atom. The van der Waals surface area contributed by atoms with Crippen molar-refractivity contribution in [1.29, 1.82) is 0 Å². The van der Waals surface area contributed by atoms with Crippen LogP contribution in [0.4, 0.5) is 5.69 Å². The molecular weight excluding hydrogens is 458 g/mol. The van der Waals surface area contributed by atoms with Gasteiger partial charge in [-0.2, -0.15) is 0 Å². The molecule has 0 bridgehead atoms. The summed E-state index contributed by atoms with van der Waals surface area (Å²) in [6, 6.07) is 22.3. The van der Waals surface area contributed by atoms with Gasteiger partial charge in [-0.15, -0.1) is 0 Å². The van der Waals surface area contributed by atoms with E-state index >= 15 is 0 Å². The van der Waals surface area contributed by atoms with E-state index in [4.69, 9.17) is 4.74 Å². The molecule has 0 radical (unpaired) electrons. The van der Waals surface area contributed by atoms with Gasteiger partial charge in [-0.05, 0) is 29.8 Å². The standard InChI is InChI=1S/C28H21N3O5/c1-17(32)36-25(19-9-3-2-4-10-19)24(31-27(34)20-13-5-6-14-21(20)28(31)35)26(33)30-22-15-7-11-18-12-8-16-29-23(18)22/h2-16,24-25H,1H3,(H,30,33)/t24-,25-/m0/s1. The van der Waals surface area contributed by atoms with Crippen LogP contribution in [0.5, 0.6) is 0 Å². The van der Waals surface area contributed by atoms with Crippen LogP contribution >= 0.6 is 0 Å². The van der Waals surface area contributed by atoms with Crippen LogP contribution in [-0.2, 0) is 14.3 Å². The van der Waals surface area contributed by atoms with Gasteiger partial charge >= 0.3 is 5.97 Å². The first-order chi connectivity index (χ1) is 17.5. The second-order valence-electron chi connectivity index (χ2n) is 8.28. The van der Waals surface area contributed by atoms with Crippen molar-refractivity contribution < 1.29 is 23.9 Å². The Bertz CT molecular complexity index is 1460. The Labute approximate surface area is 206 Å². The molecule has 0 saturated carbocycles. The highest BCUT2D eigenvalue weighted by Crippen LogP contribution is 2.33. The quantitative estimate of drug-likeness (QED) is 0.329. The fourth-order valence-electron chi connectivity index (χ4n) is 4.40. The van der Waals surface area contributed by atoms with Gasteiger partial charge in [0, 0.05) is 18.5 Å². The zero-order valence-electron chi connectivity index (χ0n) is 19.3. The summed E-state index contributed by atoms with van der Waals surface area (Å²) in [6.07, 6.45) is 0.361. The molecule has 1 aliphatic heterocycles. The van der Waals surface area contributed by atoms with Crippen LogP contribution in [0.25, 0.3) is 10.9 Å². The molecule has 36 heavy (non-hydrogen) atoms. The third kappa shape index (κ3) is 4.09. The number of rotatable bonds is 6. The summed E-state index contributed by atoms with van der Waals surface area (Å²) in [5, 5.41) is 3.61. The normalized spacial score (nSPS) is 14.3. The number of carbonyl (C=O) groups is 4. The third-order valence-electron chi connectivity index (χ3n) is 5.97. The molecule has 1 aromatic heterocycles. The number of esters is 1. The van der Waals surface area contributed by atoms with Gasteiger partial charge in [-0.25, -0.2) is 0 Å². The number of hydrogen-bond donors (Lipinski definition) is 1.